The van der Waals surface area contributed by atoms with E-state index in [0.29, 0.717) is 0 Å². The fraction of sp³-hybridized carbons (Fsp3) is 0. The molecule has 0 spiro atoms. The first kappa shape index (κ1) is 20.9. The molecule has 0 fully saturated rings. The van der Waals surface area contributed by atoms with E-state index in [0.717, 1.165) is 10.8 Å². The molecule has 0 saturated carbocycles. The quantitative estimate of drug-likeness (QED) is 0.282. The molecule has 0 aromatic heterocycles. The summed E-state index contributed by atoms with van der Waals surface area (Å²) < 4.78 is 0. The second kappa shape index (κ2) is 8.41. The van der Waals surface area contributed by atoms with E-state index in [4.69, 9.17) is 46.4 Å². The van der Waals surface area contributed by atoms with Gasteiger partial charge in [-0.3, -0.25) is 9.59 Å². The highest BCUT2D eigenvalue weighted by Gasteiger charge is 2.26. The minimum Gasteiger partial charge on any atom is -0.288 e. The van der Waals surface area contributed by atoms with E-state index in [1.165, 1.54) is 0 Å². The number of carbonyl (C=O) groups is 2. The molecular formula is C24H12Cl4O2. The Kier molecular flexibility index (Phi) is 5.86. The summed E-state index contributed by atoms with van der Waals surface area (Å²) in [4.78, 5) is 26.9. The Morgan fingerprint density at radius 2 is 0.833 bits per heavy atom. The van der Waals surface area contributed by atoms with Crippen LogP contribution in [-0.4, -0.2) is 11.6 Å². The number of carbonyl (C=O) groups excluding carboxylic acids is 2. The average Bonchev–Trinajstić information content (AvgIpc) is 2.72. The van der Waals surface area contributed by atoms with Crippen molar-refractivity contribution in [3.63, 3.8) is 0 Å². The Labute approximate surface area is 192 Å². The maximum atomic E-state index is 13.5. The molecule has 4 rings (SSSR count). The van der Waals surface area contributed by atoms with Gasteiger partial charge in [-0.05, 0) is 47.2 Å². The summed E-state index contributed by atoms with van der Waals surface area (Å²) in [6.07, 6.45) is 0. The first-order chi connectivity index (χ1) is 14.4. The van der Waals surface area contributed by atoms with Gasteiger partial charge < -0.3 is 0 Å². The SMILES string of the molecule is O=C(c1cc2ccccc2cc1C(=O)c1c(Cl)cccc1Cl)c1c(Cl)cccc1Cl. The van der Waals surface area contributed by atoms with Gasteiger partial charge in [0.1, 0.15) is 0 Å². The van der Waals surface area contributed by atoms with Gasteiger partial charge in [0.05, 0.1) is 31.2 Å². The monoisotopic (exact) mass is 472 g/mol. The van der Waals surface area contributed by atoms with E-state index in [-0.39, 0.29) is 42.3 Å². The molecule has 0 heterocycles. The first-order valence-electron chi connectivity index (χ1n) is 8.88. The number of hydrogen-bond donors (Lipinski definition) is 0. The Bertz CT molecular complexity index is 1190. The fourth-order valence-electron chi connectivity index (χ4n) is 3.31. The van der Waals surface area contributed by atoms with E-state index >= 15 is 0 Å². The van der Waals surface area contributed by atoms with Crippen molar-refractivity contribution in [2.24, 2.45) is 0 Å². The van der Waals surface area contributed by atoms with Gasteiger partial charge >= 0.3 is 0 Å². The van der Waals surface area contributed by atoms with Crippen molar-refractivity contribution in [1.82, 2.24) is 0 Å². The van der Waals surface area contributed by atoms with Crippen LogP contribution in [0.3, 0.4) is 0 Å². The number of halogens is 4. The number of ketones is 2. The zero-order valence-electron chi connectivity index (χ0n) is 15.3. The van der Waals surface area contributed by atoms with Gasteiger partial charge in [0.2, 0.25) is 0 Å². The predicted octanol–water partition coefficient (Wildman–Crippen LogP) is 7.92. The Hall–Kier alpha value is -2.36. The lowest BCUT2D eigenvalue weighted by atomic mass is 9.90. The van der Waals surface area contributed by atoms with E-state index in [9.17, 15) is 9.59 Å². The molecule has 148 valence electrons. The molecule has 0 radical (unpaired) electrons. The maximum absolute atomic E-state index is 13.5. The highest BCUT2D eigenvalue weighted by Crippen LogP contribution is 2.33. The Morgan fingerprint density at radius 3 is 1.17 bits per heavy atom. The summed E-state index contributed by atoms with van der Waals surface area (Å²) in [6, 6.07) is 20.4. The lowest BCUT2D eigenvalue weighted by molar-refractivity contribution is 0.100. The molecule has 6 heteroatoms. The third-order valence-electron chi connectivity index (χ3n) is 4.75. The lowest BCUT2D eigenvalue weighted by Crippen LogP contribution is -2.13. The Balaban J connectivity index is 2.00. The number of fused-ring (bicyclic) bond motifs is 1. The smallest absolute Gasteiger partial charge is 0.196 e. The molecular weight excluding hydrogens is 462 g/mol. The number of hydrogen-bond acceptors (Lipinski definition) is 2. The molecule has 2 nitrogen and oxygen atoms in total. The van der Waals surface area contributed by atoms with Crippen LogP contribution >= 0.6 is 46.4 Å². The number of rotatable bonds is 4. The highest BCUT2D eigenvalue weighted by molar-refractivity contribution is 6.43. The van der Waals surface area contributed by atoms with Crippen LogP contribution in [0, 0.1) is 0 Å². The molecule has 0 aliphatic carbocycles. The van der Waals surface area contributed by atoms with Crippen LogP contribution in [-0.2, 0) is 0 Å². The van der Waals surface area contributed by atoms with Crippen molar-refractivity contribution in [1.29, 1.82) is 0 Å². The molecule has 4 aromatic rings. The Morgan fingerprint density at radius 1 is 0.500 bits per heavy atom. The van der Waals surface area contributed by atoms with Gasteiger partial charge in [0.15, 0.2) is 11.6 Å². The minimum atomic E-state index is -0.456. The molecule has 0 aliphatic heterocycles. The summed E-state index contributed by atoms with van der Waals surface area (Å²) >= 11 is 25.0. The topological polar surface area (TPSA) is 34.1 Å². The van der Waals surface area contributed by atoms with Crippen LogP contribution in [0.1, 0.15) is 31.8 Å². The largest absolute Gasteiger partial charge is 0.288 e. The number of benzene rings is 4. The normalized spacial score (nSPS) is 10.9. The van der Waals surface area contributed by atoms with Crippen LogP contribution in [0.5, 0.6) is 0 Å². The van der Waals surface area contributed by atoms with Gasteiger partial charge in [-0.2, -0.15) is 0 Å². The first-order valence-corrected chi connectivity index (χ1v) is 10.4. The van der Waals surface area contributed by atoms with Gasteiger partial charge in [-0.15, -0.1) is 0 Å². The summed E-state index contributed by atoms with van der Waals surface area (Å²) in [5.41, 5.74) is 0.611. The van der Waals surface area contributed by atoms with Crippen LogP contribution in [0.2, 0.25) is 20.1 Å². The standard InChI is InChI=1S/C24H12Cl4O2/c25-17-7-3-8-18(26)21(17)23(29)15-11-13-5-1-2-6-14(13)12-16(15)24(30)22-19(27)9-4-10-20(22)28/h1-12H. The van der Waals surface area contributed by atoms with Gasteiger partial charge in [-0.25, -0.2) is 0 Å². The average molecular weight is 474 g/mol. The van der Waals surface area contributed by atoms with Gasteiger partial charge in [0, 0.05) is 11.1 Å². The maximum Gasteiger partial charge on any atom is 0.196 e. The van der Waals surface area contributed by atoms with E-state index in [1.54, 1.807) is 48.5 Å². The summed E-state index contributed by atoms with van der Waals surface area (Å²) in [6.45, 7) is 0. The van der Waals surface area contributed by atoms with Crippen molar-refractivity contribution < 1.29 is 9.59 Å². The summed E-state index contributed by atoms with van der Waals surface area (Å²) in [7, 11) is 0. The minimum absolute atomic E-state index is 0.135. The molecule has 0 atom stereocenters. The van der Waals surface area contributed by atoms with E-state index < -0.39 is 11.6 Å². The fourth-order valence-corrected chi connectivity index (χ4v) is 4.45. The zero-order chi connectivity index (χ0) is 21.4. The van der Waals surface area contributed by atoms with Crippen LogP contribution < -0.4 is 0 Å². The summed E-state index contributed by atoms with van der Waals surface area (Å²) in [5, 5.41) is 2.41. The molecule has 0 amide bonds. The van der Waals surface area contributed by atoms with Gasteiger partial charge in [0.25, 0.3) is 0 Å². The third kappa shape index (κ3) is 3.73. The van der Waals surface area contributed by atoms with Gasteiger partial charge in [-0.1, -0.05) is 82.8 Å². The molecule has 0 aliphatic rings. The van der Waals surface area contributed by atoms with Crippen LogP contribution in [0.4, 0.5) is 0 Å². The molecule has 30 heavy (non-hydrogen) atoms. The molecule has 0 unspecified atom stereocenters. The second-order valence-electron chi connectivity index (χ2n) is 6.60. The molecule has 0 saturated heterocycles. The van der Waals surface area contributed by atoms with Crippen molar-refractivity contribution >= 4 is 68.7 Å². The van der Waals surface area contributed by atoms with E-state index in [1.807, 2.05) is 24.3 Å². The lowest BCUT2D eigenvalue weighted by Gasteiger charge is -2.13. The highest BCUT2D eigenvalue weighted by atomic mass is 35.5. The summed E-state index contributed by atoms with van der Waals surface area (Å²) in [5.74, 6) is -0.911. The van der Waals surface area contributed by atoms with Crippen molar-refractivity contribution in [2.75, 3.05) is 0 Å². The zero-order valence-corrected chi connectivity index (χ0v) is 18.3. The van der Waals surface area contributed by atoms with Crippen LogP contribution in [0.15, 0.2) is 72.8 Å². The van der Waals surface area contributed by atoms with Crippen molar-refractivity contribution in [3.05, 3.63) is 115 Å². The van der Waals surface area contributed by atoms with Crippen LogP contribution in [0.25, 0.3) is 10.8 Å². The van der Waals surface area contributed by atoms with Crippen molar-refractivity contribution in [3.8, 4) is 0 Å². The third-order valence-corrected chi connectivity index (χ3v) is 6.01. The van der Waals surface area contributed by atoms with E-state index in [2.05, 4.69) is 0 Å². The second-order valence-corrected chi connectivity index (χ2v) is 8.23. The molecule has 0 N–H and O–H groups in total. The molecule has 4 aromatic carbocycles. The predicted molar refractivity (Wildman–Crippen MR) is 124 cm³/mol. The molecule has 0 bridgehead atoms. The van der Waals surface area contributed by atoms with Crippen molar-refractivity contribution in [2.45, 2.75) is 0 Å².